The number of aryl methyl sites for hydroxylation is 1. The molecule has 0 radical (unpaired) electrons. The topological polar surface area (TPSA) is 50.5 Å². The molecule has 126 valence electrons. The van der Waals surface area contributed by atoms with Crippen LogP contribution < -0.4 is 0 Å². The average molecular weight is 321 g/mol. The fourth-order valence-corrected chi connectivity index (χ4v) is 2.59. The summed E-state index contributed by atoms with van der Waals surface area (Å²) in [5.41, 5.74) is 3.92. The molecule has 1 heterocycles. The van der Waals surface area contributed by atoms with Crippen LogP contribution in [0.15, 0.2) is 24.3 Å². The van der Waals surface area contributed by atoms with E-state index in [1.54, 1.807) is 19.2 Å². The SMILES string of the molecule is COCCN(CCO)Cc1c(C)nn(-c2ccc(F)cc2)c1C. The van der Waals surface area contributed by atoms with Crippen molar-refractivity contribution in [1.82, 2.24) is 14.7 Å². The van der Waals surface area contributed by atoms with Gasteiger partial charge in [-0.25, -0.2) is 9.07 Å². The highest BCUT2D eigenvalue weighted by molar-refractivity contribution is 5.37. The number of aliphatic hydroxyl groups excluding tert-OH is 1. The molecule has 0 bridgehead atoms. The molecule has 0 aliphatic rings. The maximum atomic E-state index is 13.1. The van der Waals surface area contributed by atoms with Crippen LogP contribution in [0.25, 0.3) is 5.69 Å². The van der Waals surface area contributed by atoms with E-state index in [2.05, 4.69) is 10.00 Å². The Morgan fingerprint density at radius 3 is 2.52 bits per heavy atom. The van der Waals surface area contributed by atoms with Crippen LogP contribution in [0, 0.1) is 19.7 Å². The lowest BCUT2D eigenvalue weighted by atomic mass is 10.2. The molecule has 6 heteroatoms. The normalized spacial score (nSPS) is 11.4. The van der Waals surface area contributed by atoms with Crippen molar-refractivity contribution >= 4 is 0 Å². The molecule has 0 amide bonds. The third kappa shape index (κ3) is 4.37. The second kappa shape index (κ2) is 8.19. The number of aromatic nitrogens is 2. The van der Waals surface area contributed by atoms with Gasteiger partial charge in [-0.15, -0.1) is 0 Å². The minimum Gasteiger partial charge on any atom is -0.395 e. The molecule has 0 atom stereocenters. The molecule has 0 aliphatic heterocycles. The van der Waals surface area contributed by atoms with Crippen molar-refractivity contribution in [2.75, 3.05) is 33.4 Å². The Hall–Kier alpha value is -1.76. The zero-order valence-corrected chi connectivity index (χ0v) is 13.9. The summed E-state index contributed by atoms with van der Waals surface area (Å²) in [6.45, 7) is 6.73. The van der Waals surface area contributed by atoms with E-state index in [-0.39, 0.29) is 12.4 Å². The van der Waals surface area contributed by atoms with Gasteiger partial charge in [0, 0.05) is 38.0 Å². The van der Waals surface area contributed by atoms with Gasteiger partial charge in [-0.05, 0) is 38.1 Å². The van der Waals surface area contributed by atoms with Crippen molar-refractivity contribution in [3.63, 3.8) is 0 Å². The van der Waals surface area contributed by atoms with E-state index in [1.165, 1.54) is 12.1 Å². The summed E-state index contributed by atoms with van der Waals surface area (Å²) >= 11 is 0. The lowest BCUT2D eigenvalue weighted by molar-refractivity contribution is 0.126. The molecule has 2 rings (SSSR count). The van der Waals surface area contributed by atoms with E-state index in [9.17, 15) is 9.50 Å². The number of ether oxygens (including phenoxy) is 1. The molecular weight excluding hydrogens is 297 g/mol. The summed E-state index contributed by atoms with van der Waals surface area (Å²) in [6.07, 6.45) is 0. The largest absolute Gasteiger partial charge is 0.395 e. The molecule has 0 saturated carbocycles. The van der Waals surface area contributed by atoms with Gasteiger partial charge in [-0.2, -0.15) is 5.10 Å². The molecule has 2 aromatic rings. The Kier molecular flexibility index (Phi) is 6.27. The van der Waals surface area contributed by atoms with Gasteiger partial charge in [0.05, 0.1) is 24.6 Å². The Labute approximate surface area is 136 Å². The van der Waals surface area contributed by atoms with Gasteiger partial charge in [-0.3, -0.25) is 4.90 Å². The first-order chi connectivity index (χ1) is 11.1. The number of halogens is 1. The van der Waals surface area contributed by atoms with E-state index >= 15 is 0 Å². The van der Waals surface area contributed by atoms with E-state index in [0.29, 0.717) is 19.7 Å². The Morgan fingerprint density at radius 1 is 1.22 bits per heavy atom. The van der Waals surface area contributed by atoms with Crippen molar-refractivity contribution in [2.45, 2.75) is 20.4 Å². The lowest BCUT2D eigenvalue weighted by Crippen LogP contribution is -2.30. The summed E-state index contributed by atoms with van der Waals surface area (Å²) in [4.78, 5) is 2.13. The summed E-state index contributed by atoms with van der Waals surface area (Å²) < 4.78 is 20.0. The summed E-state index contributed by atoms with van der Waals surface area (Å²) in [5.74, 6) is -0.260. The number of benzene rings is 1. The highest BCUT2D eigenvalue weighted by atomic mass is 19.1. The van der Waals surface area contributed by atoms with E-state index in [1.807, 2.05) is 18.5 Å². The van der Waals surface area contributed by atoms with Crippen LogP contribution in [0.5, 0.6) is 0 Å². The molecule has 1 aromatic heterocycles. The van der Waals surface area contributed by atoms with Crippen molar-refractivity contribution in [3.8, 4) is 5.69 Å². The zero-order chi connectivity index (χ0) is 16.8. The summed E-state index contributed by atoms with van der Waals surface area (Å²) in [6, 6.07) is 6.30. The number of hydrogen-bond acceptors (Lipinski definition) is 4. The van der Waals surface area contributed by atoms with E-state index in [4.69, 9.17) is 4.74 Å². The maximum Gasteiger partial charge on any atom is 0.123 e. The van der Waals surface area contributed by atoms with Gasteiger partial charge in [0.25, 0.3) is 0 Å². The smallest absolute Gasteiger partial charge is 0.123 e. The van der Waals surface area contributed by atoms with Crippen molar-refractivity contribution in [1.29, 1.82) is 0 Å². The third-order valence-electron chi connectivity index (χ3n) is 3.92. The van der Waals surface area contributed by atoms with Crippen molar-refractivity contribution in [3.05, 3.63) is 47.0 Å². The quantitative estimate of drug-likeness (QED) is 0.809. The molecule has 1 aromatic carbocycles. The van der Waals surface area contributed by atoms with Crippen LogP contribution >= 0.6 is 0 Å². The van der Waals surface area contributed by atoms with E-state index < -0.39 is 0 Å². The second-order valence-corrected chi connectivity index (χ2v) is 5.53. The van der Waals surface area contributed by atoms with Crippen LogP contribution in [-0.4, -0.2) is 53.2 Å². The molecule has 0 spiro atoms. The zero-order valence-electron chi connectivity index (χ0n) is 13.9. The van der Waals surface area contributed by atoms with Crippen molar-refractivity contribution in [2.24, 2.45) is 0 Å². The summed E-state index contributed by atoms with van der Waals surface area (Å²) in [7, 11) is 1.67. The Morgan fingerprint density at radius 2 is 1.91 bits per heavy atom. The van der Waals surface area contributed by atoms with Crippen molar-refractivity contribution < 1.29 is 14.2 Å². The van der Waals surface area contributed by atoms with Gasteiger partial charge in [0.15, 0.2) is 0 Å². The molecule has 5 nitrogen and oxygen atoms in total. The first-order valence-electron chi connectivity index (χ1n) is 7.70. The number of rotatable bonds is 8. The number of aliphatic hydroxyl groups is 1. The fourth-order valence-electron chi connectivity index (χ4n) is 2.59. The standard InChI is InChI=1S/C17H24FN3O2/c1-13-17(12-20(8-10-22)9-11-23-3)14(2)21(19-13)16-6-4-15(18)5-7-16/h4-7,22H,8-12H2,1-3H3. The minimum atomic E-state index is -0.260. The molecule has 0 unspecified atom stereocenters. The first-order valence-corrected chi connectivity index (χ1v) is 7.70. The molecule has 0 aliphatic carbocycles. The maximum absolute atomic E-state index is 13.1. The molecule has 0 fully saturated rings. The number of nitrogens with zero attached hydrogens (tertiary/aromatic N) is 3. The van der Waals surface area contributed by atoms with Gasteiger partial charge < -0.3 is 9.84 Å². The Bertz CT molecular complexity index is 626. The predicted octanol–water partition coefficient (Wildman–Crippen LogP) is 2.07. The van der Waals surface area contributed by atoms with Gasteiger partial charge in [0.1, 0.15) is 5.82 Å². The highest BCUT2D eigenvalue weighted by Gasteiger charge is 2.16. The second-order valence-electron chi connectivity index (χ2n) is 5.53. The van der Waals surface area contributed by atoms with Gasteiger partial charge >= 0.3 is 0 Å². The van der Waals surface area contributed by atoms with Crippen LogP contribution in [0.1, 0.15) is 17.0 Å². The van der Waals surface area contributed by atoms with Crippen LogP contribution in [0.3, 0.4) is 0 Å². The van der Waals surface area contributed by atoms with Gasteiger partial charge in [0.2, 0.25) is 0 Å². The monoisotopic (exact) mass is 321 g/mol. The summed E-state index contributed by atoms with van der Waals surface area (Å²) in [5, 5.41) is 13.8. The fraction of sp³-hybridized carbons (Fsp3) is 0.471. The predicted molar refractivity (Wildman–Crippen MR) is 87.2 cm³/mol. The lowest BCUT2D eigenvalue weighted by Gasteiger charge is -2.21. The number of hydrogen-bond donors (Lipinski definition) is 1. The third-order valence-corrected chi connectivity index (χ3v) is 3.92. The molecular formula is C17H24FN3O2. The first kappa shape index (κ1) is 17.6. The molecule has 0 saturated heterocycles. The molecule has 1 N–H and O–H groups in total. The average Bonchev–Trinajstić information content (AvgIpc) is 2.81. The van der Waals surface area contributed by atoms with E-state index in [0.717, 1.165) is 29.2 Å². The Balaban J connectivity index is 2.24. The van der Waals surface area contributed by atoms with Crippen LogP contribution in [0.2, 0.25) is 0 Å². The number of methoxy groups -OCH3 is 1. The van der Waals surface area contributed by atoms with Crippen LogP contribution in [0.4, 0.5) is 4.39 Å². The molecule has 23 heavy (non-hydrogen) atoms. The van der Waals surface area contributed by atoms with Gasteiger partial charge in [-0.1, -0.05) is 0 Å². The van der Waals surface area contributed by atoms with Crippen LogP contribution in [-0.2, 0) is 11.3 Å². The minimum absolute atomic E-state index is 0.105. The highest BCUT2D eigenvalue weighted by Crippen LogP contribution is 2.19.